The Morgan fingerprint density at radius 3 is 2.04 bits per heavy atom. The standard InChI is InChI=1S/C24H24O3/c1-24(2,3)21-11-7-8-12-22(21)27-23(25)17-26-20-15-13-19(14-16-20)18-9-5-4-6-10-18/h4-16H,17H2,1-3H3. The fraction of sp³-hybridized carbons (Fsp3) is 0.208. The van der Waals surface area contributed by atoms with Gasteiger partial charge in [0.25, 0.3) is 0 Å². The molecule has 0 unspecified atom stereocenters. The van der Waals surface area contributed by atoms with Gasteiger partial charge in [0.15, 0.2) is 6.61 Å². The minimum atomic E-state index is -0.418. The lowest BCUT2D eigenvalue weighted by Gasteiger charge is -2.22. The van der Waals surface area contributed by atoms with E-state index in [1.54, 1.807) is 0 Å². The first-order valence-corrected chi connectivity index (χ1v) is 9.02. The van der Waals surface area contributed by atoms with Crippen LogP contribution in [0.4, 0.5) is 0 Å². The van der Waals surface area contributed by atoms with E-state index < -0.39 is 5.97 Å². The van der Waals surface area contributed by atoms with Crippen molar-refractivity contribution in [1.82, 2.24) is 0 Å². The molecule has 27 heavy (non-hydrogen) atoms. The largest absolute Gasteiger partial charge is 0.482 e. The Morgan fingerprint density at radius 1 is 0.778 bits per heavy atom. The van der Waals surface area contributed by atoms with Crippen LogP contribution in [0, 0.1) is 0 Å². The van der Waals surface area contributed by atoms with Crippen molar-refractivity contribution in [3.8, 4) is 22.6 Å². The van der Waals surface area contributed by atoms with Crippen molar-refractivity contribution in [1.29, 1.82) is 0 Å². The molecular formula is C24H24O3. The molecular weight excluding hydrogens is 336 g/mol. The second-order valence-electron chi connectivity index (χ2n) is 7.40. The summed E-state index contributed by atoms with van der Waals surface area (Å²) in [6.07, 6.45) is 0. The molecule has 0 aliphatic carbocycles. The van der Waals surface area contributed by atoms with E-state index >= 15 is 0 Å². The Morgan fingerprint density at radius 2 is 1.37 bits per heavy atom. The predicted octanol–water partition coefficient (Wildman–Crippen LogP) is 5.64. The third kappa shape index (κ3) is 4.98. The van der Waals surface area contributed by atoms with Crippen molar-refractivity contribution < 1.29 is 14.3 Å². The van der Waals surface area contributed by atoms with Crippen LogP contribution in [0.2, 0.25) is 0 Å². The SMILES string of the molecule is CC(C)(C)c1ccccc1OC(=O)COc1ccc(-c2ccccc2)cc1. The summed E-state index contributed by atoms with van der Waals surface area (Å²) >= 11 is 0. The zero-order valence-electron chi connectivity index (χ0n) is 15.9. The van der Waals surface area contributed by atoms with Crippen LogP contribution in [0.15, 0.2) is 78.9 Å². The van der Waals surface area contributed by atoms with Crippen molar-refractivity contribution in [2.75, 3.05) is 6.61 Å². The Bertz CT molecular complexity index is 891. The smallest absolute Gasteiger partial charge is 0.349 e. The van der Waals surface area contributed by atoms with Crippen LogP contribution in [0.3, 0.4) is 0 Å². The molecule has 3 aromatic carbocycles. The zero-order valence-corrected chi connectivity index (χ0v) is 15.9. The van der Waals surface area contributed by atoms with E-state index in [-0.39, 0.29) is 12.0 Å². The maximum absolute atomic E-state index is 12.2. The topological polar surface area (TPSA) is 35.5 Å². The highest BCUT2D eigenvalue weighted by molar-refractivity contribution is 5.74. The summed E-state index contributed by atoms with van der Waals surface area (Å²) in [5.41, 5.74) is 3.13. The van der Waals surface area contributed by atoms with E-state index in [0.717, 1.165) is 16.7 Å². The second kappa shape index (κ2) is 8.09. The molecule has 3 rings (SSSR count). The summed E-state index contributed by atoms with van der Waals surface area (Å²) in [6.45, 7) is 6.13. The zero-order chi connectivity index (χ0) is 19.3. The van der Waals surface area contributed by atoms with Gasteiger partial charge in [-0.1, -0.05) is 81.4 Å². The van der Waals surface area contributed by atoms with E-state index in [1.165, 1.54) is 0 Å². The molecule has 0 radical (unpaired) electrons. The van der Waals surface area contributed by atoms with Gasteiger partial charge in [-0.3, -0.25) is 0 Å². The molecule has 0 aromatic heterocycles. The summed E-state index contributed by atoms with van der Waals surface area (Å²) in [5.74, 6) is 0.799. The Hall–Kier alpha value is -3.07. The van der Waals surface area contributed by atoms with Gasteiger partial charge in [0.2, 0.25) is 0 Å². The molecule has 0 amide bonds. The minimum absolute atomic E-state index is 0.106. The van der Waals surface area contributed by atoms with Gasteiger partial charge in [0.1, 0.15) is 11.5 Å². The minimum Gasteiger partial charge on any atom is -0.482 e. The molecule has 0 aliphatic heterocycles. The van der Waals surface area contributed by atoms with Crippen molar-refractivity contribution in [3.63, 3.8) is 0 Å². The van der Waals surface area contributed by atoms with Crippen molar-refractivity contribution >= 4 is 5.97 Å². The summed E-state index contributed by atoms with van der Waals surface area (Å²) in [7, 11) is 0. The van der Waals surface area contributed by atoms with Crippen molar-refractivity contribution in [3.05, 3.63) is 84.4 Å². The molecule has 3 heteroatoms. The maximum atomic E-state index is 12.2. The number of hydrogen-bond donors (Lipinski definition) is 0. The molecule has 0 fully saturated rings. The van der Waals surface area contributed by atoms with Gasteiger partial charge >= 0.3 is 5.97 Å². The summed E-state index contributed by atoms with van der Waals surface area (Å²) in [4.78, 5) is 12.2. The highest BCUT2D eigenvalue weighted by Crippen LogP contribution is 2.31. The monoisotopic (exact) mass is 360 g/mol. The predicted molar refractivity (Wildman–Crippen MR) is 108 cm³/mol. The summed E-state index contributed by atoms with van der Waals surface area (Å²) < 4.78 is 11.1. The molecule has 0 heterocycles. The van der Waals surface area contributed by atoms with Crippen molar-refractivity contribution in [2.45, 2.75) is 26.2 Å². The van der Waals surface area contributed by atoms with Gasteiger partial charge < -0.3 is 9.47 Å². The Labute approximate surface area is 160 Å². The average Bonchev–Trinajstić information content (AvgIpc) is 2.67. The number of para-hydroxylation sites is 1. The van der Waals surface area contributed by atoms with Crippen LogP contribution in [-0.4, -0.2) is 12.6 Å². The van der Waals surface area contributed by atoms with Gasteiger partial charge in [-0.15, -0.1) is 0 Å². The molecule has 0 spiro atoms. The number of rotatable bonds is 5. The van der Waals surface area contributed by atoms with E-state index in [1.807, 2.05) is 66.7 Å². The van der Waals surface area contributed by atoms with Gasteiger partial charge in [0, 0.05) is 5.56 Å². The summed E-state index contributed by atoms with van der Waals surface area (Å²) in [5, 5.41) is 0. The number of carbonyl (C=O) groups excluding carboxylic acids is 1. The average molecular weight is 360 g/mol. The van der Waals surface area contributed by atoms with E-state index in [0.29, 0.717) is 11.5 Å². The maximum Gasteiger partial charge on any atom is 0.349 e. The molecule has 0 bridgehead atoms. The fourth-order valence-corrected chi connectivity index (χ4v) is 2.84. The van der Waals surface area contributed by atoms with Gasteiger partial charge in [-0.25, -0.2) is 4.79 Å². The van der Waals surface area contributed by atoms with Crippen LogP contribution < -0.4 is 9.47 Å². The van der Waals surface area contributed by atoms with E-state index in [9.17, 15) is 4.79 Å². The van der Waals surface area contributed by atoms with E-state index in [4.69, 9.17) is 9.47 Å². The lowest BCUT2D eigenvalue weighted by molar-refractivity contribution is -0.136. The first kappa shape index (κ1) is 18.7. The Kier molecular flexibility index (Phi) is 5.60. The number of ether oxygens (including phenoxy) is 2. The molecule has 0 N–H and O–H groups in total. The summed E-state index contributed by atoms with van der Waals surface area (Å²) in [6, 6.07) is 25.4. The molecule has 0 saturated heterocycles. The first-order chi connectivity index (χ1) is 12.9. The number of esters is 1. The van der Waals surface area contributed by atoms with Gasteiger partial charge in [-0.05, 0) is 34.7 Å². The van der Waals surface area contributed by atoms with E-state index in [2.05, 4.69) is 32.9 Å². The molecule has 3 aromatic rings. The lowest BCUT2D eigenvalue weighted by Crippen LogP contribution is -2.20. The molecule has 3 nitrogen and oxygen atoms in total. The molecule has 138 valence electrons. The molecule has 0 saturated carbocycles. The van der Waals surface area contributed by atoms with Crippen LogP contribution in [-0.2, 0) is 10.2 Å². The second-order valence-corrected chi connectivity index (χ2v) is 7.40. The van der Waals surface area contributed by atoms with Crippen molar-refractivity contribution in [2.24, 2.45) is 0 Å². The lowest BCUT2D eigenvalue weighted by atomic mass is 9.86. The van der Waals surface area contributed by atoms with Crippen LogP contribution in [0.1, 0.15) is 26.3 Å². The number of carbonyl (C=O) groups is 1. The van der Waals surface area contributed by atoms with Crippen LogP contribution >= 0.6 is 0 Å². The number of hydrogen-bond acceptors (Lipinski definition) is 3. The van der Waals surface area contributed by atoms with Crippen LogP contribution in [0.25, 0.3) is 11.1 Å². The van der Waals surface area contributed by atoms with Gasteiger partial charge in [0.05, 0.1) is 0 Å². The fourth-order valence-electron chi connectivity index (χ4n) is 2.84. The Balaban J connectivity index is 1.60. The normalized spacial score (nSPS) is 11.1. The number of benzene rings is 3. The van der Waals surface area contributed by atoms with Crippen LogP contribution in [0.5, 0.6) is 11.5 Å². The highest BCUT2D eigenvalue weighted by atomic mass is 16.6. The van der Waals surface area contributed by atoms with Gasteiger partial charge in [-0.2, -0.15) is 0 Å². The molecule has 0 atom stereocenters. The highest BCUT2D eigenvalue weighted by Gasteiger charge is 2.20. The quantitative estimate of drug-likeness (QED) is 0.436. The third-order valence-electron chi connectivity index (χ3n) is 4.24. The first-order valence-electron chi connectivity index (χ1n) is 9.02. The third-order valence-corrected chi connectivity index (χ3v) is 4.24. The molecule has 0 aliphatic rings.